The number of anilines is 1. The summed E-state index contributed by atoms with van der Waals surface area (Å²) in [4.78, 5) is 45.4. The first-order valence-corrected chi connectivity index (χ1v) is 23.1. The molecule has 0 aromatic heterocycles. The van der Waals surface area contributed by atoms with Gasteiger partial charge in [0, 0.05) is 12.5 Å². The number of hydrogen-bond donors (Lipinski definition) is 0. The second-order valence-electron chi connectivity index (χ2n) is 16.1. The van der Waals surface area contributed by atoms with Gasteiger partial charge in [0.2, 0.25) is 0 Å². The van der Waals surface area contributed by atoms with Crippen molar-refractivity contribution in [2.24, 2.45) is 0 Å². The van der Waals surface area contributed by atoms with Crippen LogP contribution in [0.2, 0.25) is 34.8 Å². The van der Waals surface area contributed by atoms with Crippen LogP contribution in [0.1, 0.15) is 89.5 Å². The molecule has 1 saturated heterocycles. The second-order valence-corrected chi connectivity index (χ2v) is 26.2. The molecule has 1 fully saturated rings. The number of benzene rings is 2. The lowest BCUT2D eigenvalue weighted by Crippen LogP contribution is -2.58. The van der Waals surface area contributed by atoms with Crippen LogP contribution in [0.25, 0.3) is 0 Å². The number of rotatable bonds is 12. The van der Waals surface area contributed by atoms with E-state index in [9.17, 15) is 14.4 Å². The Morgan fingerprint density at radius 2 is 1.59 bits per heavy atom. The van der Waals surface area contributed by atoms with Crippen molar-refractivity contribution in [1.29, 1.82) is 0 Å². The summed E-state index contributed by atoms with van der Waals surface area (Å²) in [7, 11) is -3.58. The molecule has 3 atom stereocenters. The molecule has 10 nitrogen and oxygen atoms in total. The summed E-state index contributed by atoms with van der Waals surface area (Å²) in [6, 6.07) is 11.5. The Bertz CT molecular complexity index is 1570. The molecule has 0 spiro atoms. The Labute approximate surface area is 306 Å². The van der Waals surface area contributed by atoms with Crippen LogP contribution < -0.4 is 14.1 Å². The Hall–Kier alpha value is -3.62. The lowest BCUT2D eigenvalue weighted by Gasteiger charge is -2.44. The van der Waals surface area contributed by atoms with Crippen molar-refractivity contribution in [1.82, 2.24) is 4.90 Å². The molecule has 12 heteroatoms. The minimum absolute atomic E-state index is 0.0410. The highest BCUT2D eigenvalue weighted by molar-refractivity contribution is 6.78. The van der Waals surface area contributed by atoms with E-state index in [0.29, 0.717) is 22.7 Å². The summed E-state index contributed by atoms with van der Waals surface area (Å²) in [5, 5.41) is -0.239. The van der Waals surface area contributed by atoms with Gasteiger partial charge in [-0.05, 0) is 53.0 Å². The van der Waals surface area contributed by atoms with E-state index in [2.05, 4.69) is 82.0 Å². The van der Waals surface area contributed by atoms with Crippen LogP contribution in [0.3, 0.4) is 0 Å². The molecule has 2 aromatic rings. The lowest BCUT2D eigenvalue weighted by molar-refractivity contribution is 0.0314. The largest absolute Gasteiger partial charge is 0.540 e. The molecule has 0 N–H and O–H groups in total. The van der Waals surface area contributed by atoms with Gasteiger partial charge >= 0.3 is 12.1 Å². The van der Waals surface area contributed by atoms with Crippen LogP contribution in [0, 0.1) is 0 Å². The average Bonchev–Trinajstić information content (AvgIpc) is 3.45. The van der Waals surface area contributed by atoms with Crippen LogP contribution in [0.4, 0.5) is 10.5 Å². The summed E-state index contributed by atoms with van der Waals surface area (Å²) in [6.45, 7) is 27.6. The van der Waals surface area contributed by atoms with Crippen molar-refractivity contribution >= 4 is 40.3 Å². The standard InChI is InChI=1S/C39H58N2O8Si2/c1-14-20-46-38(44)41-31-23-34(48-51(25(2)3,26(4)5)27(6)7)33(45-11)22-30(31)35(42)40-24-29(47-37(43)28-18-16-15-17-19-28)21-32(40)36(41)49-50(12,13)39(8,9)10/h14-19,22-23,25-27,29,32,36H,1,20-21,24H2,2-13H3/t29-,32-,36-/m0/s1. The smallest absolute Gasteiger partial charge is 0.416 e. The van der Waals surface area contributed by atoms with Gasteiger partial charge in [0.15, 0.2) is 20.3 Å². The van der Waals surface area contributed by atoms with Crippen molar-refractivity contribution < 1.29 is 37.4 Å². The van der Waals surface area contributed by atoms with Gasteiger partial charge in [-0.1, -0.05) is 93.2 Å². The van der Waals surface area contributed by atoms with Crippen molar-refractivity contribution in [3.05, 3.63) is 66.2 Å². The summed E-state index contributed by atoms with van der Waals surface area (Å²) in [5.74, 6) is 0.0517. The molecule has 2 aliphatic rings. The maximum Gasteiger partial charge on any atom is 0.416 e. The van der Waals surface area contributed by atoms with E-state index in [4.69, 9.17) is 23.1 Å². The average molecular weight is 739 g/mol. The van der Waals surface area contributed by atoms with E-state index in [1.165, 1.54) is 11.0 Å². The molecule has 0 unspecified atom stereocenters. The van der Waals surface area contributed by atoms with Gasteiger partial charge in [-0.3, -0.25) is 4.79 Å². The van der Waals surface area contributed by atoms with Gasteiger partial charge in [-0.15, -0.1) is 0 Å². The van der Waals surface area contributed by atoms with E-state index in [1.807, 2.05) is 6.07 Å². The predicted molar refractivity (Wildman–Crippen MR) is 206 cm³/mol. The summed E-state index contributed by atoms with van der Waals surface area (Å²) in [5.41, 5.74) is 1.74. The Morgan fingerprint density at radius 3 is 2.12 bits per heavy atom. The quantitative estimate of drug-likeness (QED) is 0.121. The van der Waals surface area contributed by atoms with Crippen molar-refractivity contribution in [3.63, 3.8) is 0 Å². The molecule has 0 saturated carbocycles. The molecule has 0 aliphatic carbocycles. The molecule has 280 valence electrons. The predicted octanol–water partition coefficient (Wildman–Crippen LogP) is 9.18. The number of esters is 1. The zero-order chi connectivity index (χ0) is 38.1. The molecule has 51 heavy (non-hydrogen) atoms. The van der Waals surface area contributed by atoms with E-state index in [0.717, 1.165) is 0 Å². The van der Waals surface area contributed by atoms with Crippen molar-refractivity contribution in [3.8, 4) is 11.5 Å². The normalized spacial score (nSPS) is 19.5. The fourth-order valence-corrected chi connectivity index (χ4v) is 13.9. The van der Waals surface area contributed by atoms with Gasteiger partial charge in [-0.2, -0.15) is 0 Å². The SMILES string of the molecule is C=CCOC(=O)N1c2cc(O[Si](C(C)C)(C(C)C)C(C)C)c(OC)cc2C(=O)N2C[C@@H](OC(=O)c3ccccc3)C[C@H]2[C@@H]1O[Si](C)(C)C(C)(C)C. The number of carbonyl (C=O) groups excluding carboxylic acids is 3. The number of methoxy groups -OCH3 is 1. The van der Waals surface area contributed by atoms with Gasteiger partial charge in [0.1, 0.15) is 18.5 Å². The third-order valence-corrected chi connectivity index (χ3v) is 21.4. The van der Waals surface area contributed by atoms with Crippen LogP contribution in [-0.4, -0.2) is 78.1 Å². The highest BCUT2D eigenvalue weighted by Gasteiger charge is 2.54. The second kappa shape index (κ2) is 15.5. The van der Waals surface area contributed by atoms with Crippen LogP contribution in [-0.2, 0) is 13.9 Å². The van der Waals surface area contributed by atoms with Crippen molar-refractivity contribution in [2.45, 2.75) is 122 Å². The number of amides is 2. The molecule has 2 amide bonds. The first-order valence-electron chi connectivity index (χ1n) is 18.0. The number of ether oxygens (including phenoxy) is 3. The molecule has 4 rings (SSSR count). The highest BCUT2D eigenvalue weighted by Crippen LogP contribution is 2.49. The summed E-state index contributed by atoms with van der Waals surface area (Å²) < 4.78 is 32.0. The fraction of sp³-hybridized carbons (Fsp3) is 0.564. The minimum Gasteiger partial charge on any atom is -0.540 e. The molecule has 2 aliphatic heterocycles. The Balaban J connectivity index is 1.95. The monoisotopic (exact) mass is 738 g/mol. The van der Waals surface area contributed by atoms with E-state index < -0.39 is 47.1 Å². The van der Waals surface area contributed by atoms with Gasteiger partial charge in [-0.25, -0.2) is 14.5 Å². The zero-order valence-corrected chi connectivity index (χ0v) is 34.6. The number of nitrogens with zero attached hydrogens (tertiary/aromatic N) is 2. The van der Waals surface area contributed by atoms with E-state index in [1.54, 1.807) is 48.4 Å². The molecule has 2 heterocycles. The van der Waals surface area contributed by atoms with E-state index >= 15 is 0 Å². The number of carbonyl (C=O) groups is 3. The first kappa shape index (κ1) is 40.2. The highest BCUT2D eigenvalue weighted by atomic mass is 28.4. The fourth-order valence-electron chi connectivity index (χ4n) is 7.39. The van der Waals surface area contributed by atoms with Gasteiger partial charge < -0.3 is 28.0 Å². The minimum atomic E-state index is -2.62. The zero-order valence-electron chi connectivity index (χ0n) is 32.6. The third kappa shape index (κ3) is 7.92. The lowest BCUT2D eigenvalue weighted by atomic mass is 10.1. The molecule has 0 radical (unpaired) electrons. The molecule has 2 aromatic carbocycles. The summed E-state index contributed by atoms with van der Waals surface area (Å²) in [6.07, 6.45) is -0.521. The molecule has 0 bridgehead atoms. The molecular formula is C39H58N2O8Si2. The topological polar surface area (TPSA) is 104 Å². The van der Waals surface area contributed by atoms with Crippen LogP contribution >= 0.6 is 0 Å². The van der Waals surface area contributed by atoms with Crippen molar-refractivity contribution in [2.75, 3.05) is 25.2 Å². The number of hydrogen-bond acceptors (Lipinski definition) is 8. The van der Waals surface area contributed by atoms with Crippen LogP contribution in [0.5, 0.6) is 11.5 Å². The Kier molecular flexibility index (Phi) is 12.2. The maximum atomic E-state index is 14.8. The Morgan fingerprint density at radius 1 is 0.980 bits per heavy atom. The summed E-state index contributed by atoms with van der Waals surface area (Å²) >= 11 is 0. The van der Waals surface area contributed by atoms with E-state index in [-0.39, 0.29) is 52.7 Å². The third-order valence-electron chi connectivity index (χ3n) is 10.9. The number of fused-ring (bicyclic) bond motifs is 2. The van der Waals surface area contributed by atoms with Gasteiger partial charge in [0.05, 0.1) is 36.5 Å². The van der Waals surface area contributed by atoms with Crippen LogP contribution in [0.15, 0.2) is 55.1 Å². The van der Waals surface area contributed by atoms with Gasteiger partial charge in [0.25, 0.3) is 14.2 Å². The molecular weight excluding hydrogens is 681 g/mol. The first-order chi connectivity index (χ1) is 23.8. The maximum absolute atomic E-state index is 14.8.